The van der Waals surface area contributed by atoms with Gasteiger partial charge in [-0.3, -0.25) is 0 Å². The number of rotatable bonds is 1. The predicted octanol–water partition coefficient (Wildman–Crippen LogP) is 5.07. The van der Waals surface area contributed by atoms with Crippen LogP contribution in [0.1, 0.15) is 0 Å². The van der Waals surface area contributed by atoms with Crippen molar-refractivity contribution < 1.29 is 0 Å². The number of imidazole rings is 1. The molecule has 1 aromatic carbocycles. The molecule has 0 bridgehead atoms. The molecule has 2 heterocycles. The molecular formula is C13H7BrCl2N2. The van der Waals surface area contributed by atoms with E-state index < -0.39 is 0 Å². The van der Waals surface area contributed by atoms with E-state index in [1.54, 1.807) is 6.07 Å². The first kappa shape index (κ1) is 12.0. The Kier molecular flexibility index (Phi) is 3.06. The second-order valence-corrected chi connectivity index (χ2v) is 5.54. The van der Waals surface area contributed by atoms with Gasteiger partial charge in [-0.15, -0.1) is 0 Å². The first-order valence-electron chi connectivity index (χ1n) is 5.24. The average molecular weight is 342 g/mol. The highest BCUT2D eigenvalue weighted by atomic mass is 79.9. The van der Waals surface area contributed by atoms with Gasteiger partial charge in [0.25, 0.3) is 0 Å². The summed E-state index contributed by atoms with van der Waals surface area (Å²) in [6.07, 6.45) is 3.88. The molecule has 0 spiro atoms. The zero-order valence-electron chi connectivity index (χ0n) is 9.07. The van der Waals surface area contributed by atoms with Gasteiger partial charge in [-0.1, -0.05) is 23.2 Å². The summed E-state index contributed by atoms with van der Waals surface area (Å²) in [6.45, 7) is 0. The van der Waals surface area contributed by atoms with Crippen LogP contribution in [0.3, 0.4) is 0 Å². The van der Waals surface area contributed by atoms with Crippen molar-refractivity contribution in [3.8, 4) is 11.3 Å². The van der Waals surface area contributed by atoms with E-state index in [2.05, 4.69) is 20.9 Å². The summed E-state index contributed by atoms with van der Waals surface area (Å²) in [5, 5.41) is 1.22. The van der Waals surface area contributed by atoms with E-state index in [4.69, 9.17) is 23.2 Å². The Morgan fingerprint density at radius 3 is 2.72 bits per heavy atom. The summed E-state index contributed by atoms with van der Waals surface area (Å²) < 4.78 is 2.89. The Morgan fingerprint density at radius 1 is 1.17 bits per heavy atom. The maximum atomic E-state index is 6.19. The molecule has 0 amide bonds. The lowest BCUT2D eigenvalue weighted by Crippen LogP contribution is -1.81. The minimum atomic E-state index is 0.599. The van der Waals surface area contributed by atoms with E-state index >= 15 is 0 Å². The number of benzene rings is 1. The molecule has 0 fully saturated rings. The quantitative estimate of drug-likeness (QED) is 0.604. The van der Waals surface area contributed by atoms with Crippen LogP contribution in [0.4, 0.5) is 0 Å². The van der Waals surface area contributed by atoms with Gasteiger partial charge in [0.2, 0.25) is 0 Å². The summed E-state index contributed by atoms with van der Waals surface area (Å²) in [4.78, 5) is 4.56. The Bertz CT molecular complexity index is 737. The molecule has 90 valence electrons. The molecule has 3 rings (SSSR count). The first-order chi connectivity index (χ1) is 8.65. The Morgan fingerprint density at radius 2 is 2.00 bits per heavy atom. The molecule has 2 aromatic heterocycles. The molecule has 0 unspecified atom stereocenters. The summed E-state index contributed by atoms with van der Waals surface area (Å²) in [6, 6.07) is 9.31. The molecule has 0 saturated carbocycles. The first-order valence-corrected chi connectivity index (χ1v) is 6.79. The Balaban J connectivity index is 2.23. The van der Waals surface area contributed by atoms with Crippen molar-refractivity contribution in [3.63, 3.8) is 0 Å². The smallest absolute Gasteiger partial charge is 0.151 e. The van der Waals surface area contributed by atoms with Gasteiger partial charge < -0.3 is 4.40 Å². The van der Waals surface area contributed by atoms with Crippen molar-refractivity contribution in [1.29, 1.82) is 0 Å². The molecule has 5 heteroatoms. The Hall–Kier alpha value is -1.03. The van der Waals surface area contributed by atoms with Crippen LogP contribution in [0.25, 0.3) is 16.9 Å². The minimum Gasteiger partial charge on any atom is -0.306 e. The highest BCUT2D eigenvalue weighted by Crippen LogP contribution is 2.30. The molecular weight excluding hydrogens is 335 g/mol. The van der Waals surface area contributed by atoms with E-state index in [0.717, 1.165) is 21.4 Å². The molecule has 0 aliphatic rings. The highest BCUT2D eigenvalue weighted by molar-refractivity contribution is 9.10. The second kappa shape index (κ2) is 4.57. The van der Waals surface area contributed by atoms with E-state index in [0.29, 0.717) is 10.0 Å². The van der Waals surface area contributed by atoms with Gasteiger partial charge >= 0.3 is 0 Å². The molecule has 3 aromatic rings. The van der Waals surface area contributed by atoms with Gasteiger partial charge in [0.15, 0.2) is 5.65 Å². The van der Waals surface area contributed by atoms with Crippen LogP contribution in [0.2, 0.25) is 10.0 Å². The van der Waals surface area contributed by atoms with Crippen LogP contribution in [-0.2, 0) is 0 Å². The number of aromatic nitrogens is 2. The number of halogens is 3. The number of hydrogen-bond donors (Lipinski definition) is 0. The van der Waals surface area contributed by atoms with Crippen LogP contribution in [0.5, 0.6) is 0 Å². The van der Waals surface area contributed by atoms with Crippen LogP contribution in [0, 0.1) is 0 Å². The third-order valence-corrected chi connectivity index (χ3v) is 3.81. The van der Waals surface area contributed by atoms with Crippen molar-refractivity contribution in [2.45, 2.75) is 0 Å². The monoisotopic (exact) mass is 340 g/mol. The Labute approximate surface area is 122 Å². The van der Waals surface area contributed by atoms with Crippen LogP contribution in [0.15, 0.2) is 47.2 Å². The van der Waals surface area contributed by atoms with Gasteiger partial charge in [-0.25, -0.2) is 4.98 Å². The molecule has 0 aliphatic carbocycles. The maximum Gasteiger partial charge on any atom is 0.151 e. The van der Waals surface area contributed by atoms with E-state index in [9.17, 15) is 0 Å². The normalized spacial score (nSPS) is 11.1. The fourth-order valence-corrected chi connectivity index (χ4v) is 2.76. The molecule has 0 atom stereocenters. The van der Waals surface area contributed by atoms with Crippen LogP contribution < -0.4 is 0 Å². The van der Waals surface area contributed by atoms with Gasteiger partial charge in [-0.2, -0.15) is 0 Å². The second-order valence-electron chi connectivity index (χ2n) is 3.84. The van der Waals surface area contributed by atoms with E-state index in [1.165, 1.54) is 0 Å². The van der Waals surface area contributed by atoms with Gasteiger partial charge in [0.1, 0.15) is 0 Å². The SMILES string of the molecule is Clc1ccc(-c2cn3cccc(Br)c3n2)c(Cl)c1. The number of nitrogens with zero attached hydrogens (tertiary/aromatic N) is 2. The maximum absolute atomic E-state index is 6.19. The van der Waals surface area contributed by atoms with Crippen molar-refractivity contribution >= 4 is 44.8 Å². The van der Waals surface area contributed by atoms with Crippen molar-refractivity contribution in [2.75, 3.05) is 0 Å². The largest absolute Gasteiger partial charge is 0.306 e. The topological polar surface area (TPSA) is 17.3 Å². The van der Waals surface area contributed by atoms with Gasteiger partial charge in [0.05, 0.1) is 15.2 Å². The molecule has 0 radical (unpaired) electrons. The highest BCUT2D eigenvalue weighted by Gasteiger charge is 2.09. The molecule has 0 aliphatic heterocycles. The van der Waals surface area contributed by atoms with Crippen molar-refractivity contribution in [2.24, 2.45) is 0 Å². The van der Waals surface area contributed by atoms with E-state index in [-0.39, 0.29) is 0 Å². The average Bonchev–Trinajstić information content (AvgIpc) is 2.74. The summed E-state index contributed by atoms with van der Waals surface area (Å²) in [5.41, 5.74) is 2.55. The molecule has 0 N–H and O–H groups in total. The zero-order chi connectivity index (χ0) is 12.7. The zero-order valence-corrected chi connectivity index (χ0v) is 12.2. The standard InChI is InChI=1S/C13H7BrCl2N2/c14-10-2-1-5-18-7-12(17-13(10)18)9-4-3-8(15)6-11(9)16/h1-7H. The lowest BCUT2D eigenvalue weighted by atomic mass is 10.2. The lowest BCUT2D eigenvalue weighted by molar-refractivity contribution is 1.18. The number of pyridine rings is 1. The van der Waals surface area contributed by atoms with Crippen LogP contribution in [-0.4, -0.2) is 9.38 Å². The fraction of sp³-hybridized carbons (Fsp3) is 0. The third-order valence-electron chi connectivity index (χ3n) is 2.64. The fourth-order valence-electron chi connectivity index (χ4n) is 1.81. The van der Waals surface area contributed by atoms with E-state index in [1.807, 2.05) is 41.1 Å². The van der Waals surface area contributed by atoms with Gasteiger partial charge in [-0.05, 0) is 46.3 Å². The molecule has 0 saturated heterocycles. The molecule has 2 nitrogen and oxygen atoms in total. The third kappa shape index (κ3) is 2.03. The van der Waals surface area contributed by atoms with Crippen LogP contribution >= 0.6 is 39.1 Å². The summed E-state index contributed by atoms with van der Waals surface area (Å²) in [7, 11) is 0. The number of fused-ring (bicyclic) bond motifs is 1. The minimum absolute atomic E-state index is 0.599. The lowest BCUT2D eigenvalue weighted by Gasteiger charge is -2.00. The predicted molar refractivity (Wildman–Crippen MR) is 78.3 cm³/mol. The molecule has 18 heavy (non-hydrogen) atoms. The number of hydrogen-bond acceptors (Lipinski definition) is 1. The van der Waals surface area contributed by atoms with Gasteiger partial charge in [0, 0.05) is 23.0 Å². The summed E-state index contributed by atoms with van der Waals surface area (Å²) >= 11 is 15.6. The summed E-state index contributed by atoms with van der Waals surface area (Å²) in [5.74, 6) is 0. The van der Waals surface area contributed by atoms with Crippen molar-refractivity contribution in [3.05, 3.63) is 57.2 Å². The van der Waals surface area contributed by atoms with Crippen molar-refractivity contribution in [1.82, 2.24) is 9.38 Å².